The van der Waals surface area contributed by atoms with Crippen LogP contribution in [0.2, 0.25) is 0 Å². The van der Waals surface area contributed by atoms with Gasteiger partial charge < -0.3 is 5.11 Å². The SMILES string of the molecule is C=C/C(O)=C\C=C(/C)C(F)(F)F. The molecule has 0 spiro atoms. The van der Waals surface area contributed by atoms with Crippen molar-refractivity contribution in [1.29, 1.82) is 0 Å². The van der Waals surface area contributed by atoms with Gasteiger partial charge in [0, 0.05) is 5.57 Å². The monoisotopic (exact) mass is 178 g/mol. The molecule has 0 atom stereocenters. The van der Waals surface area contributed by atoms with Crippen molar-refractivity contribution in [2.75, 3.05) is 0 Å². The molecule has 0 radical (unpaired) electrons. The van der Waals surface area contributed by atoms with Gasteiger partial charge in [0.2, 0.25) is 0 Å². The van der Waals surface area contributed by atoms with Crippen molar-refractivity contribution in [3.05, 3.63) is 36.1 Å². The highest BCUT2D eigenvalue weighted by molar-refractivity contribution is 5.20. The Hall–Kier alpha value is -1.19. The average molecular weight is 178 g/mol. The van der Waals surface area contributed by atoms with Gasteiger partial charge in [0.05, 0.1) is 0 Å². The first-order valence-corrected chi connectivity index (χ1v) is 3.15. The van der Waals surface area contributed by atoms with E-state index >= 15 is 0 Å². The Morgan fingerprint density at radius 2 is 1.83 bits per heavy atom. The topological polar surface area (TPSA) is 20.2 Å². The molecule has 1 N–H and O–H groups in total. The molecule has 0 aromatic rings. The largest absolute Gasteiger partial charge is 0.508 e. The molecule has 0 unspecified atom stereocenters. The number of aliphatic hydroxyl groups excluding tert-OH is 1. The summed E-state index contributed by atoms with van der Waals surface area (Å²) < 4.78 is 35.4. The van der Waals surface area contributed by atoms with Gasteiger partial charge in [-0.15, -0.1) is 0 Å². The molecule has 0 rings (SSSR count). The molecule has 0 saturated heterocycles. The first-order valence-electron chi connectivity index (χ1n) is 3.15. The van der Waals surface area contributed by atoms with Gasteiger partial charge in [0.25, 0.3) is 0 Å². The van der Waals surface area contributed by atoms with Gasteiger partial charge in [-0.05, 0) is 19.1 Å². The fraction of sp³-hybridized carbons (Fsp3) is 0.250. The number of hydrogen-bond acceptors (Lipinski definition) is 1. The minimum absolute atomic E-state index is 0.293. The van der Waals surface area contributed by atoms with E-state index in [9.17, 15) is 13.2 Å². The summed E-state index contributed by atoms with van der Waals surface area (Å²) >= 11 is 0. The zero-order valence-electron chi connectivity index (χ0n) is 6.52. The maximum atomic E-state index is 11.8. The quantitative estimate of drug-likeness (QED) is 0.508. The van der Waals surface area contributed by atoms with Gasteiger partial charge >= 0.3 is 6.18 Å². The van der Waals surface area contributed by atoms with Crippen molar-refractivity contribution in [2.45, 2.75) is 13.1 Å². The molecule has 0 bridgehead atoms. The van der Waals surface area contributed by atoms with Gasteiger partial charge in [-0.1, -0.05) is 12.7 Å². The molecular weight excluding hydrogens is 169 g/mol. The normalized spacial score (nSPS) is 14.7. The zero-order valence-corrected chi connectivity index (χ0v) is 6.52. The molecular formula is C8H9F3O. The van der Waals surface area contributed by atoms with E-state index in [0.29, 0.717) is 0 Å². The summed E-state index contributed by atoms with van der Waals surface area (Å²) in [5.74, 6) is -0.293. The van der Waals surface area contributed by atoms with E-state index in [1.54, 1.807) is 0 Å². The van der Waals surface area contributed by atoms with Crippen LogP contribution >= 0.6 is 0 Å². The van der Waals surface area contributed by atoms with Crippen LogP contribution in [0.1, 0.15) is 6.92 Å². The summed E-state index contributed by atoms with van der Waals surface area (Å²) in [5, 5.41) is 8.70. The minimum atomic E-state index is -4.34. The van der Waals surface area contributed by atoms with Crippen LogP contribution in [-0.2, 0) is 0 Å². The molecule has 0 saturated carbocycles. The van der Waals surface area contributed by atoms with Crippen LogP contribution in [0.4, 0.5) is 13.2 Å². The Bertz CT molecular complexity index is 223. The predicted molar refractivity (Wildman–Crippen MR) is 40.7 cm³/mol. The third kappa shape index (κ3) is 3.85. The van der Waals surface area contributed by atoms with Crippen LogP contribution in [-0.4, -0.2) is 11.3 Å². The maximum absolute atomic E-state index is 11.8. The van der Waals surface area contributed by atoms with E-state index in [0.717, 1.165) is 25.2 Å². The Morgan fingerprint density at radius 3 is 2.17 bits per heavy atom. The molecule has 0 fully saturated rings. The summed E-state index contributed by atoms with van der Waals surface area (Å²) in [7, 11) is 0. The second kappa shape index (κ2) is 3.99. The molecule has 0 aromatic carbocycles. The molecule has 4 heteroatoms. The second-order valence-corrected chi connectivity index (χ2v) is 2.14. The first kappa shape index (κ1) is 10.8. The number of halogens is 3. The van der Waals surface area contributed by atoms with Crippen molar-refractivity contribution in [3.8, 4) is 0 Å². The van der Waals surface area contributed by atoms with Crippen molar-refractivity contribution in [2.24, 2.45) is 0 Å². The van der Waals surface area contributed by atoms with Crippen molar-refractivity contribution < 1.29 is 18.3 Å². The summed E-state index contributed by atoms with van der Waals surface area (Å²) in [4.78, 5) is 0. The summed E-state index contributed by atoms with van der Waals surface area (Å²) in [6.45, 7) is 4.10. The lowest BCUT2D eigenvalue weighted by molar-refractivity contribution is -0.0913. The molecule has 12 heavy (non-hydrogen) atoms. The van der Waals surface area contributed by atoms with E-state index in [-0.39, 0.29) is 5.76 Å². The lowest BCUT2D eigenvalue weighted by atomic mass is 10.2. The molecule has 0 heterocycles. The smallest absolute Gasteiger partial charge is 0.412 e. The van der Waals surface area contributed by atoms with E-state index in [1.165, 1.54) is 0 Å². The highest BCUT2D eigenvalue weighted by atomic mass is 19.4. The van der Waals surface area contributed by atoms with E-state index in [4.69, 9.17) is 5.11 Å². The fourth-order valence-electron chi connectivity index (χ4n) is 0.373. The maximum Gasteiger partial charge on any atom is 0.412 e. The summed E-state index contributed by atoms with van der Waals surface area (Å²) in [6, 6.07) is 0. The van der Waals surface area contributed by atoms with Crippen LogP contribution in [0.3, 0.4) is 0 Å². The van der Waals surface area contributed by atoms with Gasteiger partial charge in [0.1, 0.15) is 5.76 Å². The highest BCUT2D eigenvalue weighted by Crippen LogP contribution is 2.24. The lowest BCUT2D eigenvalue weighted by Gasteiger charge is -2.03. The predicted octanol–water partition coefficient (Wildman–Crippen LogP) is 3.12. The number of rotatable bonds is 2. The molecule has 0 aromatic heterocycles. The first-order chi connectivity index (χ1) is 5.38. The van der Waals surface area contributed by atoms with Crippen molar-refractivity contribution in [3.63, 3.8) is 0 Å². The van der Waals surface area contributed by atoms with E-state index < -0.39 is 11.7 Å². The lowest BCUT2D eigenvalue weighted by Crippen LogP contribution is -2.08. The molecule has 0 amide bonds. The Labute approximate surface area is 68.5 Å². The summed E-state index contributed by atoms with van der Waals surface area (Å²) in [5.41, 5.74) is -0.768. The number of aliphatic hydroxyl groups is 1. The third-order valence-electron chi connectivity index (χ3n) is 1.16. The molecule has 0 aliphatic heterocycles. The van der Waals surface area contributed by atoms with Gasteiger partial charge in [0.15, 0.2) is 0 Å². The van der Waals surface area contributed by atoms with Crippen LogP contribution in [0, 0.1) is 0 Å². The van der Waals surface area contributed by atoms with Crippen LogP contribution in [0.15, 0.2) is 36.1 Å². The Morgan fingerprint density at radius 1 is 1.33 bits per heavy atom. The third-order valence-corrected chi connectivity index (χ3v) is 1.16. The fourth-order valence-corrected chi connectivity index (χ4v) is 0.373. The average Bonchev–Trinajstić information content (AvgIpc) is 1.97. The van der Waals surface area contributed by atoms with Gasteiger partial charge in [-0.2, -0.15) is 13.2 Å². The number of alkyl halides is 3. The van der Waals surface area contributed by atoms with Gasteiger partial charge in [-0.3, -0.25) is 0 Å². The van der Waals surface area contributed by atoms with Crippen molar-refractivity contribution >= 4 is 0 Å². The van der Waals surface area contributed by atoms with Crippen molar-refractivity contribution in [1.82, 2.24) is 0 Å². The molecule has 0 aliphatic rings. The molecule has 68 valence electrons. The second-order valence-electron chi connectivity index (χ2n) is 2.14. The molecule has 1 nitrogen and oxygen atoms in total. The van der Waals surface area contributed by atoms with Crippen LogP contribution < -0.4 is 0 Å². The zero-order chi connectivity index (χ0) is 9.78. The number of allylic oxidation sites excluding steroid dienone is 4. The van der Waals surface area contributed by atoms with E-state index in [1.807, 2.05) is 0 Å². The van der Waals surface area contributed by atoms with Gasteiger partial charge in [-0.25, -0.2) is 0 Å². The van der Waals surface area contributed by atoms with Crippen LogP contribution in [0.25, 0.3) is 0 Å². The summed E-state index contributed by atoms with van der Waals surface area (Å²) in [6.07, 6.45) is -1.55. The minimum Gasteiger partial charge on any atom is -0.508 e. The van der Waals surface area contributed by atoms with Crippen LogP contribution in [0.5, 0.6) is 0 Å². The molecule has 0 aliphatic carbocycles. The highest BCUT2D eigenvalue weighted by Gasteiger charge is 2.29. The van der Waals surface area contributed by atoms with E-state index in [2.05, 4.69) is 6.58 Å². The Balaban J connectivity index is 4.49. The number of hydrogen-bond donors (Lipinski definition) is 1. The Kier molecular flexibility index (Phi) is 3.60. The standard InChI is InChI=1S/C8H9F3O/c1-3-7(12)5-4-6(2)8(9,10)11/h3-5,12H,1H2,2H3/b6-4+,7-5+.